The Bertz CT molecular complexity index is 1600. The van der Waals surface area contributed by atoms with Gasteiger partial charge in [0.2, 0.25) is 5.91 Å². The van der Waals surface area contributed by atoms with Gasteiger partial charge in [-0.2, -0.15) is 13.2 Å². The highest BCUT2D eigenvalue weighted by atomic mass is 35.5. The minimum Gasteiger partial charge on any atom is -0.342 e. The van der Waals surface area contributed by atoms with E-state index in [0.29, 0.717) is 15.6 Å². The van der Waals surface area contributed by atoms with E-state index in [9.17, 15) is 27.2 Å². The summed E-state index contributed by atoms with van der Waals surface area (Å²) < 4.78 is 58.8. The number of halogens is 6. The summed E-state index contributed by atoms with van der Waals surface area (Å²) >= 11 is 12.1. The largest absolute Gasteiger partial charge is 0.410 e. The van der Waals surface area contributed by atoms with E-state index in [0.717, 1.165) is 9.25 Å². The fraction of sp³-hybridized carbons (Fsp3) is 0.333. The van der Waals surface area contributed by atoms with Crippen molar-refractivity contribution in [2.24, 2.45) is 0 Å². The normalized spacial score (nSPS) is 18.0. The molecule has 4 heterocycles. The second kappa shape index (κ2) is 11.6. The lowest BCUT2D eigenvalue weighted by molar-refractivity contribution is -0.164. The molecular weight excluding hydrogens is 593 g/mol. The molecule has 0 radical (unpaired) electrons. The molecule has 1 fully saturated rings. The Hall–Kier alpha value is -3.82. The summed E-state index contributed by atoms with van der Waals surface area (Å²) in [6.07, 6.45) is -3.72. The molecule has 1 saturated heterocycles. The van der Waals surface area contributed by atoms with Crippen LogP contribution in [0.4, 0.5) is 17.6 Å². The van der Waals surface area contributed by atoms with Crippen LogP contribution in [-0.2, 0) is 17.9 Å². The van der Waals surface area contributed by atoms with Gasteiger partial charge in [-0.25, -0.2) is 28.5 Å². The zero-order valence-electron chi connectivity index (χ0n) is 20.9. The molecule has 2 N–H and O–H groups in total. The predicted molar refractivity (Wildman–Crippen MR) is 139 cm³/mol. The van der Waals surface area contributed by atoms with Crippen LogP contribution < -0.4 is 16.3 Å². The molecule has 216 valence electrons. The summed E-state index contributed by atoms with van der Waals surface area (Å²) in [5.74, 6) is -0.740. The maximum atomic E-state index is 14.1. The van der Waals surface area contributed by atoms with Crippen LogP contribution in [0.2, 0.25) is 10.0 Å². The number of carbonyl (C=O) groups is 1. The van der Waals surface area contributed by atoms with Gasteiger partial charge in [0.25, 0.3) is 0 Å². The second-order valence-corrected chi connectivity index (χ2v) is 10.0. The Balaban J connectivity index is 1.47. The van der Waals surface area contributed by atoms with E-state index in [1.807, 2.05) is 5.32 Å². The van der Waals surface area contributed by atoms with Crippen molar-refractivity contribution in [2.45, 2.75) is 43.9 Å². The minimum atomic E-state index is -4.94. The van der Waals surface area contributed by atoms with E-state index in [-0.39, 0.29) is 37.0 Å². The van der Waals surface area contributed by atoms with Crippen LogP contribution in [0, 0.1) is 0 Å². The quantitative estimate of drug-likeness (QED) is 0.293. The molecule has 0 aliphatic carbocycles. The topological polar surface area (TPSA) is 125 Å². The molecule has 1 amide bonds. The zero-order chi connectivity index (χ0) is 29.3. The van der Waals surface area contributed by atoms with Crippen molar-refractivity contribution in [3.63, 3.8) is 0 Å². The molecule has 0 spiro atoms. The van der Waals surface area contributed by atoms with Crippen LogP contribution in [0.3, 0.4) is 0 Å². The standard InChI is InChI=1S/C24H21Cl2F4N9O2/c25-14-5-3-13(4-6-14)20-36-38(11-19-33-12-39(35-19)21-16(26)2-1-7-31-21)23(41)37(20)10-18(24(28,29)30)34-22(40)17-8-15(27)9-32-17/h1-7,12,15,17-18,32H,8-11H2,(H,34,40)/t15-,17-,18?/m0/s1. The summed E-state index contributed by atoms with van der Waals surface area (Å²) in [4.78, 5) is 34.2. The van der Waals surface area contributed by atoms with Crippen molar-refractivity contribution in [3.8, 4) is 17.2 Å². The molecule has 17 heteroatoms. The molecule has 11 nitrogen and oxygen atoms in total. The van der Waals surface area contributed by atoms with Gasteiger partial charge in [0.1, 0.15) is 25.1 Å². The monoisotopic (exact) mass is 613 g/mol. The van der Waals surface area contributed by atoms with Gasteiger partial charge in [-0.05, 0) is 36.4 Å². The summed E-state index contributed by atoms with van der Waals surface area (Å²) in [6.45, 7) is -1.43. The molecule has 3 aromatic heterocycles. The van der Waals surface area contributed by atoms with Crippen LogP contribution in [0.25, 0.3) is 17.2 Å². The summed E-state index contributed by atoms with van der Waals surface area (Å²) in [6, 6.07) is 5.61. The van der Waals surface area contributed by atoms with Gasteiger partial charge in [0.05, 0.1) is 17.6 Å². The highest BCUT2D eigenvalue weighted by Gasteiger charge is 2.43. The lowest BCUT2D eigenvalue weighted by atomic mass is 10.1. The van der Waals surface area contributed by atoms with Gasteiger partial charge in [0, 0.05) is 29.7 Å². The second-order valence-electron chi connectivity index (χ2n) is 9.19. The number of nitrogens with one attached hydrogen (secondary N) is 2. The number of pyridine rings is 1. The van der Waals surface area contributed by atoms with Crippen LogP contribution in [-0.4, -0.2) is 71.0 Å². The lowest BCUT2D eigenvalue weighted by Crippen LogP contribution is -2.53. The summed E-state index contributed by atoms with van der Waals surface area (Å²) in [5.41, 5.74) is -0.609. The van der Waals surface area contributed by atoms with E-state index < -0.39 is 42.6 Å². The Morgan fingerprint density at radius 1 is 1.15 bits per heavy atom. The number of carbonyl (C=O) groups excluding carboxylic acids is 1. The highest BCUT2D eigenvalue weighted by molar-refractivity contribution is 6.32. The molecule has 0 saturated carbocycles. The molecular formula is C24H21Cl2F4N9O2. The Kier molecular flexibility index (Phi) is 8.11. The van der Waals surface area contributed by atoms with Crippen molar-refractivity contribution in [3.05, 3.63) is 75.3 Å². The first kappa shape index (κ1) is 28.7. The molecule has 1 aliphatic rings. The van der Waals surface area contributed by atoms with Crippen molar-refractivity contribution < 1.29 is 22.4 Å². The molecule has 4 aromatic rings. The number of hydrogen-bond donors (Lipinski definition) is 2. The van der Waals surface area contributed by atoms with E-state index in [1.54, 1.807) is 12.1 Å². The number of alkyl halides is 4. The van der Waals surface area contributed by atoms with E-state index in [4.69, 9.17) is 23.2 Å². The molecule has 1 unspecified atom stereocenters. The van der Waals surface area contributed by atoms with Crippen LogP contribution >= 0.6 is 23.2 Å². The van der Waals surface area contributed by atoms with Crippen molar-refractivity contribution in [1.82, 2.24) is 44.7 Å². The number of nitrogens with zero attached hydrogens (tertiary/aromatic N) is 7. The molecule has 5 rings (SSSR count). The third-order valence-corrected chi connectivity index (χ3v) is 6.83. The van der Waals surface area contributed by atoms with Gasteiger partial charge in [0.15, 0.2) is 17.5 Å². The van der Waals surface area contributed by atoms with Gasteiger partial charge < -0.3 is 10.6 Å². The Labute approximate surface area is 239 Å². The third kappa shape index (κ3) is 6.41. The number of amides is 1. The van der Waals surface area contributed by atoms with E-state index >= 15 is 0 Å². The van der Waals surface area contributed by atoms with Crippen molar-refractivity contribution >= 4 is 29.1 Å². The minimum absolute atomic E-state index is 0.106. The number of hydrogen-bond acceptors (Lipinski definition) is 7. The highest BCUT2D eigenvalue weighted by Crippen LogP contribution is 2.25. The lowest BCUT2D eigenvalue weighted by Gasteiger charge is -2.24. The van der Waals surface area contributed by atoms with Gasteiger partial charge >= 0.3 is 11.9 Å². The van der Waals surface area contributed by atoms with Crippen molar-refractivity contribution in [2.75, 3.05) is 6.54 Å². The van der Waals surface area contributed by atoms with Gasteiger partial charge in [-0.15, -0.1) is 10.2 Å². The maximum Gasteiger partial charge on any atom is 0.410 e. The van der Waals surface area contributed by atoms with Crippen LogP contribution in [0.15, 0.2) is 53.7 Å². The first-order valence-electron chi connectivity index (χ1n) is 12.2. The Morgan fingerprint density at radius 2 is 1.90 bits per heavy atom. The fourth-order valence-corrected chi connectivity index (χ4v) is 4.59. The van der Waals surface area contributed by atoms with E-state index in [2.05, 4.69) is 25.5 Å². The smallest absolute Gasteiger partial charge is 0.342 e. The Morgan fingerprint density at radius 3 is 2.56 bits per heavy atom. The molecule has 1 aromatic carbocycles. The molecule has 41 heavy (non-hydrogen) atoms. The van der Waals surface area contributed by atoms with Crippen molar-refractivity contribution in [1.29, 1.82) is 0 Å². The number of benzene rings is 1. The first-order valence-corrected chi connectivity index (χ1v) is 12.9. The average Bonchev–Trinajstić information content (AvgIpc) is 3.64. The van der Waals surface area contributed by atoms with Crippen LogP contribution in [0.5, 0.6) is 0 Å². The summed E-state index contributed by atoms with van der Waals surface area (Å²) in [5, 5.41) is 13.6. The molecule has 1 aliphatic heterocycles. The van der Waals surface area contributed by atoms with Gasteiger partial charge in [-0.1, -0.05) is 23.2 Å². The van der Waals surface area contributed by atoms with Crippen LogP contribution in [0.1, 0.15) is 12.2 Å². The summed E-state index contributed by atoms with van der Waals surface area (Å²) in [7, 11) is 0. The average molecular weight is 614 g/mol. The van der Waals surface area contributed by atoms with E-state index in [1.165, 1.54) is 41.5 Å². The SMILES string of the molecule is O=C(NC(Cn1c(-c2ccc(Cl)cc2)nn(Cc2ncn(-c3ncccc3Cl)n2)c1=O)C(F)(F)F)[C@@H]1C[C@H](F)CN1. The number of aromatic nitrogens is 7. The third-order valence-electron chi connectivity index (χ3n) is 6.28. The maximum absolute atomic E-state index is 14.1. The molecule has 0 bridgehead atoms. The first-order chi connectivity index (χ1) is 19.5. The predicted octanol–water partition coefficient (Wildman–Crippen LogP) is 2.79. The zero-order valence-corrected chi connectivity index (χ0v) is 22.4. The molecule has 3 atom stereocenters. The number of rotatable bonds is 8. The van der Waals surface area contributed by atoms with Gasteiger partial charge in [-0.3, -0.25) is 9.36 Å². The fourth-order valence-electron chi connectivity index (χ4n) is 4.25.